The number of fused-ring (bicyclic) bond motifs is 1. The molecule has 0 saturated carbocycles. The lowest BCUT2D eigenvalue weighted by Crippen LogP contribution is -2.32. The summed E-state index contributed by atoms with van der Waals surface area (Å²) in [6.45, 7) is 6.92. The van der Waals surface area contributed by atoms with Gasteiger partial charge in [0.2, 0.25) is 5.91 Å². The van der Waals surface area contributed by atoms with Gasteiger partial charge in [-0.15, -0.1) is 0 Å². The fraction of sp³-hybridized carbons (Fsp3) is 0.467. The van der Waals surface area contributed by atoms with E-state index in [0.717, 1.165) is 24.2 Å². The highest BCUT2D eigenvalue weighted by Crippen LogP contribution is 2.31. The highest BCUT2D eigenvalue weighted by atomic mass is 16.2. The van der Waals surface area contributed by atoms with E-state index in [1.165, 1.54) is 0 Å². The normalized spacial score (nSPS) is 14.2. The molecule has 0 spiro atoms. The van der Waals surface area contributed by atoms with Crippen molar-refractivity contribution in [3.05, 3.63) is 29.3 Å². The zero-order valence-corrected chi connectivity index (χ0v) is 11.2. The maximum atomic E-state index is 12.3. The van der Waals surface area contributed by atoms with Crippen LogP contribution in [0.3, 0.4) is 0 Å². The molecule has 0 N–H and O–H groups in total. The first-order valence-corrected chi connectivity index (χ1v) is 6.24. The Hall–Kier alpha value is -1.82. The van der Waals surface area contributed by atoms with Gasteiger partial charge >= 0.3 is 0 Å². The average molecular weight is 242 g/mol. The Morgan fingerprint density at radius 3 is 2.78 bits per heavy atom. The number of amides is 1. The molecule has 0 bridgehead atoms. The van der Waals surface area contributed by atoms with Crippen molar-refractivity contribution in [3.63, 3.8) is 0 Å². The fourth-order valence-corrected chi connectivity index (χ4v) is 2.26. The molecule has 94 valence electrons. The van der Waals surface area contributed by atoms with Crippen LogP contribution in [0.4, 0.5) is 5.69 Å². The van der Waals surface area contributed by atoms with Crippen LogP contribution >= 0.6 is 0 Å². The number of nitriles is 1. The lowest BCUT2D eigenvalue weighted by Gasteiger charge is -2.23. The summed E-state index contributed by atoms with van der Waals surface area (Å²) in [4.78, 5) is 14.1. The summed E-state index contributed by atoms with van der Waals surface area (Å²) in [5.74, 6) is 0.149. The SMILES string of the molecule is CC(C)(C)CC(=O)N1CCc2ccc(C#N)cc21. The van der Waals surface area contributed by atoms with Crippen LogP contribution in [0, 0.1) is 16.7 Å². The largest absolute Gasteiger partial charge is 0.312 e. The van der Waals surface area contributed by atoms with Crippen molar-refractivity contribution in [2.24, 2.45) is 5.41 Å². The molecule has 3 nitrogen and oxygen atoms in total. The minimum atomic E-state index is -0.00727. The van der Waals surface area contributed by atoms with Gasteiger partial charge in [-0.2, -0.15) is 5.26 Å². The average Bonchev–Trinajstić information content (AvgIpc) is 2.69. The van der Waals surface area contributed by atoms with E-state index < -0.39 is 0 Å². The maximum absolute atomic E-state index is 12.3. The zero-order valence-electron chi connectivity index (χ0n) is 11.2. The van der Waals surface area contributed by atoms with E-state index in [1.54, 1.807) is 0 Å². The highest BCUT2D eigenvalue weighted by Gasteiger charge is 2.27. The van der Waals surface area contributed by atoms with Gasteiger partial charge in [-0.3, -0.25) is 4.79 Å². The van der Waals surface area contributed by atoms with Crippen molar-refractivity contribution in [1.29, 1.82) is 5.26 Å². The van der Waals surface area contributed by atoms with Gasteiger partial charge in [0, 0.05) is 18.7 Å². The van der Waals surface area contributed by atoms with Gasteiger partial charge in [0.1, 0.15) is 0 Å². The molecule has 1 aliphatic rings. The third-order valence-corrected chi connectivity index (χ3v) is 3.09. The Kier molecular flexibility index (Phi) is 3.13. The lowest BCUT2D eigenvalue weighted by atomic mass is 9.91. The number of hydrogen-bond donors (Lipinski definition) is 0. The monoisotopic (exact) mass is 242 g/mol. The molecule has 0 saturated heterocycles. The van der Waals surface area contributed by atoms with Crippen molar-refractivity contribution in [1.82, 2.24) is 0 Å². The van der Waals surface area contributed by atoms with Crippen LogP contribution in [0.25, 0.3) is 0 Å². The van der Waals surface area contributed by atoms with E-state index >= 15 is 0 Å². The number of rotatable bonds is 1. The lowest BCUT2D eigenvalue weighted by molar-refractivity contribution is -0.120. The van der Waals surface area contributed by atoms with Crippen LogP contribution < -0.4 is 4.90 Å². The number of anilines is 1. The quantitative estimate of drug-likeness (QED) is 0.760. The van der Waals surface area contributed by atoms with Crippen LogP contribution in [0.1, 0.15) is 38.3 Å². The van der Waals surface area contributed by atoms with E-state index in [9.17, 15) is 4.79 Å². The summed E-state index contributed by atoms with van der Waals surface area (Å²) in [7, 11) is 0. The molecule has 2 rings (SSSR count). The summed E-state index contributed by atoms with van der Waals surface area (Å²) in [5.41, 5.74) is 2.69. The molecule has 0 radical (unpaired) electrons. The molecule has 1 aromatic carbocycles. The molecule has 0 aliphatic carbocycles. The first-order valence-electron chi connectivity index (χ1n) is 6.24. The van der Waals surface area contributed by atoms with Gasteiger partial charge in [0.25, 0.3) is 0 Å². The molecular weight excluding hydrogens is 224 g/mol. The van der Waals surface area contributed by atoms with Crippen molar-refractivity contribution in [2.75, 3.05) is 11.4 Å². The fourth-order valence-electron chi connectivity index (χ4n) is 2.26. The highest BCUT2D eigenvalue weighted by molar-refractivity contribution is 5.96. The maximum Gasteiger partial charge on any atom is 0.227 e. The van der Waals surface area contributed by atoms with Crippen molar-refractivity contribution >= 4 is 11.6 Å². The van der Waals surface area contributed by atoms with Gasteiger partial charge in [-0.05, 0) is 29.5 Å². The molecule has 0 unspecified atom stereocenters. The van der Waals surface area contributed by atoms with E-state index in [2.05, 4.69) is 26.8 Å². The summed E-state index contributed by atoms with van der Waals surface area (Å²) in [6, 6.07) is 7.72. The third-order valence-electron chi connectivity index (χ3n) is 3.09. The predicted octanol–water partition coefficient (Wildman–Crippen LogP) is 2.88. The second-order valence-corrected chi connectivity index (χ2v) is 5.99. The summed E-state index contributed by atoms with van der Waals surface area (Å²) < 4.78 is 0. The molecule has 0 fully saturated rings. The van der Waals surface area contributed by atoms with E-state index in [0.29, 0.717) is 12.0 Å². The predicted molar refractivity (Wildman–Crippen MR) is 71.3 cm³/mol. The molecule has 1 heterocycles. The first kappa shape index (κ1) is 12.6. The van der Waals surface area contributed by atoms with Gasteiger partial charge in [0.05, 0.1) is 11.6 Å². The Balaban J connectivity index is 2.26. The van der Waals surface area contributed by atoms with Crippen molar-refractivity contribution in [3.8, 4) is 6.07 Å². The minimum Gasteiger partial charge on any atom is -0.312 e. The van der Waals surface area contributed by atoms with Gasteiger partial charge in [-0.25, -0.2) is 0 Å². The second kappa shape index (κ2) is 4.45. The molecule has 0 aromatic heterocycles. The number of benzene rings is 1. The van der Waals surface area contributed by atoms with Crippen molar-refractivity contribution < 1.29 is 4.79 Å². The van der Waals surface area contributed by atoms with Gasteiger partial charge < -0.3 is 4.90 Å². The molecule has 1 aromatic rings. The topological polar surface area (TPSA) is 44.1 Å². The van der Waals surface area contributed by atoms with Gasteiger partial charge in [0.15, 0.2) is 0 Å². The van der Waals surface area contributed by atoms with Crippen molar-refractivity contribution in [2.45, 2.75) is 33.6 Å². The summed E-state index contributed by atoms with van der Waals surface area (Å²) >= 11 is 0. The molecule has 1 aliphatic heterocycles. The first-order chi connectivity index (χ1) is 8.40. The van der Waals surface area contributed by atoms with Crippen LogP contribution in [-0.2, 0) is 11.2 Å². The molecule has 3 heteroatoms. The minimum absolute atomic E-state index is 0.00727. The Morgan fingerprint density at radius 1 is 1.44 bits per heavy atom. The second-order valence-electron chi connectivity index (χ2n) is 5.99. The van der Waals surface area contributed by atoms with E-state index in [1.807, 2.05) is 23.1 Å². The standard InChI is InChI=1S/C15H18N2O/c1-15(2,3)9-14(18)17-7-6-12-5-4-11(10-16)8-13(12)17/h4-5,8H,6-7,9H2,1-3H3. The number of hydrogen-bond acceptors (Lipinski definition) is 2. The molecular formula is C15H18N2O. The van der Waals surface area contributed by atoms with Crippen LogP contribution in [0.5, 0.6) is 0 Å². The van der Waals surface area contributed by atoms with Crippen LogP contribution in [0.15, 0.2) is 18.2 Å². The Labute approximate surface area is 108 Å². The summed E-state index contributed by atoms with van der Waals surface area (Å²) in [5, 5.41) is 8.93. The number of carbonyl (C=O) groups excluding carboxylic acids is 1. The molecule has 0 atom stereocenters. The zero-order chi connectivity index (χ0) is 13.3. The molecule has 18 heavy (non-hydrogen) atoms. The van der Waals surface area contributed by atoms with E-state index in [-0.39, 0.29) is 11.3 Å². The van der Waals surface area contributed by atoms with Gasteiger partial charge in [-0.1, -0.05) is 26.8 Å². The Morgan fingerprint density at radius 2 is 2.17 bits per heavy atom. The third kappa shape index (κ3) is 2.53. The van der Waals surface area contributed by atoms with Crippen LogP contribution in [0.2, 0.25) is 0 Å². The summed E-state index contributed by atoms with van der Waals surface area (Å²) in [6.07, 6.45) is 1.42. The van der Waals surface area contributed by atoms with E-state index in [4.69, 9.17) is 5.26 Å². The Bertz CT molecular complexity index is 520. The number of nitrogens with zero attached hydrogens (tertiary/aromatic N) is 2. The molecule has 1 amide bonds. The smallest absolute Gasteiger partial charge is 0.227 e. The van der Waals surface area contributed by atoms with Crippen LogP contribution in [-0.4, -0.2) is 12.5 Å². The number of carbonyl (C=O) groups is 1.